The molecule has 6 heteroatoms. The summed E-state index contributed by atoms with van der Waals surface area (Å²) in [7, 11) is 0. The zero-order valence-corrected chi connectivity index (χ0v) is 12.4. The highest BCUT2D eigenvalue weighted by molar-refractivity contribution is 6.45. The summed E-state index contributed by atoms with van der Waals surface area (Å²) in [6.45, 7) is 1.70. The molecule has 0 amide bonds. The van der Waals surface area contributed by atoms with E-state index in [0.29, 0.717) is 21.7 Å². The van der Waals surface area contributed by atoms with Crippen LogP contribution in [0.25, 0.3) is 11.1 Å². The maximum Gasteiger partial charge on any atom is 0.416 e. The van der Waals surface area contributed by atoms with Crippen molar-refractivity contribution in [2.24, 2.45) is 0 Å². The van der Waals surface area contributed by atoms with Gasteiger partial charge in [0.15, 0.2) is 0 Å². The van der Waals surface area contributed by atoms with Crippen LogP contribution in [0.4, 0.5) is 13.2 Å². The molecule has 0 N–H and O–H groups in total. The fourth-order valence-corrected chi connectivity index (χ4v) is 2.54. The van der Waals surface area contributed by atoms with Gasteiger partial charge < -0.3 is 0 Å². The van der Waals surface area contributed by atoms with Gasteiger partial charge in [-0.2, -0.15) is 13.2 Å². The Labute approximate surface area is 129 Å². The molecule has 20 heavy (non-hydrogen) atoms. The van der Waals surface area contributed by atoms with E-state index in [1.807, 2.05) is 0 Å². The summed E-state index contributed by atoms with van der Waals surface area (Å²) >= 11 is 17.9. The Morgan fingerprint density at radius 1 is 0.900 bits per heavy atom. The highest BCUT2D eigenvalue weighted by atomic mass is 35.5. The third-order valence-electron chi connectivity index (χ3n) is 2.85. The zero-order chi connectivity index (χ0) is 15.1. The molecule has 106 valence electrons. The highest BCUT2D eigenvalue weighted by Crippen LogP contribution is 2.40. The molecule has 2 aromatic carbocycles. The molecule has 0 saturated carbocycles. The Bertz CT molecular complexity index is 663. The van der Waals surface area contributed by atoms with Gasteiger partial charge in [0.25, 0.3) is 0 Å². The summed E-state index contributed by atoms with van der Waals surface area (Å²) in [4.78, 5) is 0. The lowest BCUT2D eigenvalue weighted by atomic mass is 9.98. The van der Waals surface area contributed by atoms with E-state index in [1.54, 1.807) is 6.92 Å². The number of benzene rings is 2. The molecule has 0 spiro atoms. The Kier molecular flexibility index (Phi) is 4.24. The Balaban J connectivity index is 2.70. The third kappa shape index (κ3) is 3.05. The van der Waals surface area contributed by atoms with Crippen LogP contribution in [0.1, 0.15) is 11.1 Å². The monoisotopic (exact) mass is 338 g/mol. The van der Waals surface area contributed by atoms with Crippen LogP contribution in [-0.2, 0) is 6.18 Å². The van der Waals surface area contributed by atoms with Crippen molar-refractivity contribution in [2.45, 2.75) is 13.1 Å². The molecule has 2 rings (SSSR count). The molecule has 0 radical (unpaired) electrons. The standard InChI is InChI=1S/C14H8Cl3F3/c1-7-2-3-8(14(18,19)20)4-10(7)11-5-9(15)6-12(16)13(11)17/h2-6H,1H3. The van der Waals surface area contributed by atoms with E-state index >= 15 is 0 Å². The maximum atomic E-state index is 12.8. The predicted octanol–water partition coefficient (Wildman–Crippen LogP) is 6.64. The summed E-state index contributed by atoms with van der Waals surface area (Å²) < 4.78 is 38.4. The van der Waals surface area contributed by atoms with Crippen molar-refractivity contribution in [3.05, 3.63) is 56.5 Å². The normalized spacial score (nSPS) is 11.8. The first-order valence-corrected chi connectivity index (χ1v) is 6.66. The summed E-state index contributed by atoms with van der Waals surface area (Å²) in [5, 5.41) is 0.690. The molecule has 0 aromatic heterocycles. The molecule has 0 aliphatic heterocycles. The van der Waals surface area contributed by atoms with E-state index in [-0.39, 0.29) is 10.0 Å². The first kappa shape index (κ1) is 15.5. The topological polar surface area (TPSA) is 0 Å². The molecule has 0 fully saturated rings. The van der Waals surface area contributed by atoms with E-state index in [2.05, 4.69) is 0 Å². The Morgan fingerprint density at radius 2 is 1.55 bits per heavy atom. The van der Waals surface area contributed by atoms with E-state index in [9.17, 15) is 13.2 Å². The van der Waals surface area contributed by atoms with E-state index in [4.69, 9.17) is 34.8 Å². The number of rotatable bonds is 1. The summed E-state index contributed by atoms with van der Waals surface area (Å²) in [6, 6.07) is 6.40. The molecule has 0 unspecified atom stereocenters. The highest BCUT2D eigenvalue weighted by Gasteiger charge is 2.31. The summed E-state index contributed by atoms with van der Waals surface area (Å²) in [6.07, 6.45) is -4.42. The van der Waals surface area contributed by atoms with Gasteiger partial charge in [-0.3, -0.25) is 0 Å². The minimum Gasteiger partial charge on any atom is -0.166 e. The van der Waals surface area contributed by atoms with Crippen LogP contribution in [0.15, 0.2) is 30.3 Å². The SMILES string of the molecule is Cc1ccc(C(F)(F)F)cc1-c1cc(Cl)cc(Cl)c1Cl. The van der Waals surface area contributed by atoms with Crippen molar-refractivity contribution in [1.82, 2.24) is 0 Å². The van der Waals surface area contributed by atoms with Gasteiger partial charge in [-0.15, -0.1) is 0 Å². The minimum absolute atomic E-state index is 0.179. The molecule has 0 nitrogen and oxygen atoms in total. The van der Waals surface area contributed by atoms with Gasteiger partial charge in [-0.1, -0.05) is 40.9 Å². The number of hydrogen-bond donors (Lipinski definition) is 0. The molecule has 0 aliphatic rings. The van der Waals surface area contributed by atoms with E-state index in [1.165, 1.54) is 18.2 Å². The van der Waals surface area contributed by atoms with Crippen LogP contribution in [-0.4, -0.2) is 0 Å². The zero-order valence-electron chi connectivity index (χ0n) is 10.2. The van der Waals surface area contributed by atoms with Gasteiger partial charge in [-0.25, -0.2) is 0 Å². The van der Waals surface area contributed by atoms with Crippen molar-refractivity contribution in [2.75, 3.05) is 0 Å². The lowest BCUT2D eigenvalue weighted by molar-refractivity contribution is -0.137. The lowest BCUT2D eigenvalue weighted by Gasteiger charge is -2.13. The molecule has 2 aromatic rings. The van der Waals surface area contributed by atoms with Crippen molar-refractivity contribution in [3.8, 4) is 11.1 Å². The minimum atomic E-state index is -4.42. The average molecular weight is 340 g/mol. The largest absolute Gasteiger partial charge is 0.416 e. The number of halogens is 6. The fraction of sp³-hybridized carbons (Fsp3) is 0.143. The second-order valence-corrected chi connectivity index (χ2v) is 5.50. The van der Waals surface area contributed by atoms with Crippen LogP contribution >= 0.6 is 34.8 Å². The Morgan fingerprint density at radius 3 is 2.15 bits per heavy atom. The maximum absolute atomic E-state index is 12.8. The lowest BCUT2D eigenvalue weighted by Crippen LogP contribution is -2.05. The second kappa shape index (κ2) is 5.47. The molecular weight excluding hydrogens is 332 g/mol. The van der Waals surface area contributed by atoms with Crippen LogP contribution in [0, 0.1) is 6.92 Å². The van der Waals surface area contributed by atoms with Crippen LogP contribution in [0.2, 0.25) is 15.1 Å². The Hall–Kier alpha value is -0.900. The van der Waals surface area contributed by atoms with Crippen molar-refractivity contribution < 1.29 is 13.2 Å². The summed E-state index contributed by atoms with van der Waals surface area (Å²) in [5.41, 5.74) is 0.644. The molecule has 0 bridgehead atoms. The number of alkyl halides is 3. The fourth-order valence-electron chi connectivity index (χ4n) is 1.84. The van der Waals surface area contributed by atoms with Gasteiger partial charge >= 0.3 is 6.18 Å². The van der Waals surface area contributed by atoms with Gasteiger partial charge in [-0.05, 0) is 42.3 Å². The first-order chi connectivity index (χ1) is 9.20. The average Bonchev–Trinajstić information content (AvgIpc) is 2.33. The molecule has 0 aliphatic carbocycles. The third-order valence-corrected chi connectivity index (χ3v) is 3.87. The van der Waals surface area contributed by atoms with Gasteiger partial charge in [0.2, 0.25) is 0 Å². The van der Waals surface area contributed by atoms with Crippen molar-refractivity contribution >= 4 is 34.8 Å². The molecule has 0 heterocycles. The van der Waals surface area contributed by atoms with Crippen LogP contribution < -0.4 is 0 Å². The molecule has 0 atom stereocenters. The number of hydrogen-bond acceptors (Lipinski definition) is 0. The predicted molar refractivity (Wildman–Crippen MR) is 76.6 cm³/mol. The second-order valence-electron chi connectivity index (χ2n) is 4.28. The van der Waals surface area contributed by atoms with Crippen LogP contribution in [0.5, 0.6) is 0 Å². The molecular formula is C14H8Cl3F3. The first-order valence-electron chi connectivity index (χ1n) is 5.53. The smallest absolute Gasteiger partial charge is 0.166 e. The van der Waals surface area contributed by atoms with Gasteiger partial charge in [0, 0.05) is 10.6 Å². The van der Waals surface area contributed by atoms with Crippen molar-refractivity contribution in [1.29, 1.82) is 0 Å². The van der Waals surface area contributed by atoms with Crippen LogP contribution in [0.3, 0.4) is 0 Å². The quantitative estimate of drug-likeness (QED) is 0.511. The van der Waals surface area contributed by atoms with Crippen molar-refractivity contribution in [3.63, 3.8) is 0 Å². The number of aryl methyl sites for hydroxylation is 1. The van der Waals surface area contributed by atoms with Gasteiger partial charge in [0.05, 0.1) is 15.6 Å². The van der Waals surface area contributed by atoms with E-state index < -0.39 is 11.7 Å². The van der Waals surface area contributed by atoms with E-state index in [0.717, 1.165) is 12.1 Å². The summed E-state index contributed by atoms with van der Waals surface area (Å²) in [5.74, 6) is 0. The molecule has 0 saturated heterocycles. The van der Waals surface area contributed by atoms with Gasteiger partial charge in [0.1, 0.15) is 0 Å².